The van der Waals surface area contributed by atoms with Crippen molar-refractivity contribution in [1.29, 1.82) is 0 Å². The van der Waals surface area contributed by atoms with Gasteiger partial charge in [-0.05, 0) is 35.8 Å². The van der Waals surface area contributed by atoms with Crippen LogP contribution in [0, 0.1) is 5.92 Å². The van der Waals surface area contributed by atoms with Crippen LogP contribution >= 0.6 is 0 Å². The molecule has 0 aromatic heterocycles. The zero-order chi connectivity index (χ0) is 13.4. The van der Waals surface area contributed by atoms with Crippen LogP contribution < -0.4 is 0 Å². The van der Waals surface area contributed by atoms with Gasteiger partial charge in [0, 0.05) is 12.8 Å². The minimum Gasteiger partial charge on any atom is -0.297 e. The molecule has 0 saturated carbocycles. The fourth-order valence-corrected chi connectivity index (χ4v) is 1.97. The molecule has 0 aliphatic heterocycles. The van der Waals surface area contributed by atoms with E-state index in [-0.39, 0.29) is 0 Å². The topological polar surface area (TPSA) is 12.4 Å². The molecular formula is C17H27N. The molecule has 1 nitrogen and oxygen atoms in total. The summed E-state index contributed by atoms with van der Waals surface area (Å²) >= 11 is 0. The third-order valence-corrected chi connectivity index (χ3v) is 3.20. The molecule has 1 aromatic rings. The lowest BCUT2D eigenvalue weighted by Gasteiger charge is -2.09. The number of rotatable bonds is 7. The summed E-state index contributed by atoms with van der Waals surface area (Å²) in [5.41, 5.74) is 2.83. The van der Waals surface area contributed by atoms with E-state index in [0.29, 0.717) is 11.8 Å². The molecular weight excluding hydrogens is 218 g/mol. The zero-order valence-electron chi connectivity index (χ0n) is 12.3. The Morgan fingerprint density at radius 3 is 2.33 bits per heavy atom. The van der Waals surface area contributed by atoms with Gasteiger partial charge in [-0.2, -0.15) is 0 Å². The Labute approximate surface area is 112 Å². The van der Waals surface area contributed by atoms with E-state index < -0.39 is 0 Å². The highest BCUT2D eigenvalue weighted by Gasteiger charge is 2.02. The number of hydrogen-bond donors (Lipinski definition) is 0. The van der Waals surface area contributed by atoms with Crippen LogP contribution in [0.1, 0.15) is 57.6 Å². The fourth-order valence-electron chi connectivity index (χ4n) is 1.97. The van der Waals surface area contributed by atoms with Crippen LogP contribution in [0.15, 0.2) is 29.3 Å². The molecule has 1 heteroatoms. The summed E-state index contributed by atoms with van der Waals surface area (Å²) in [6.07, 6.45) is 5.63. The average Bonchev–Trinajstić information content (AvgIpc) is 2.35. The molecule has 1 atom stereocenters. The van der Waals surface area contributed by atoms with Crippen LogP contribution in [0.2, 0.25) is 0 Å². The molecule has 0 N–H and O–H groups in total. The molecule has 100 valence electrons. The number of nitrogens with zero attached hydrogens (tertiary/aromatic N) is 1. The van der Waals surface area contributed by atoms with E-state index in [4.69, 9.17) is 0 Å². The molecule has 0 saturated heterocycles. The van der Waals surface area contributed by atoms with E-state index in [1.165, 1.54) is 24.0 Å². The first kappa shape index (κ1) is 14.9. The Balaban J connectivity index is 2.44. The van der Waals surface area contributed by atoms with Crippen molar-refractivity contribution in [2.45, 2.75) is 52.9 Å². The van der Waals surface area contributed by atoms with Crippen molar-refractivity contribution in [3.8, 4) is 0 Å². The summed E-state index contributed by atoms with van der Waals surface area (Å²) in [5, 5.41) is 0. The van der Waals surface area contributed by atoms with Crippen LogP contribution in [-0.4, -0.2) is 12.8 Å². The Morgan fingerprint density at radius 1 is 1.11 bits per heavy atom. The van der Waals surface area contributed by atoms with Gasteiger partial charge in [-0.3, -0.25) is 4.99 Å². The molecule has 0 aliphatic rings. The summed E-state index contributed by atoms with van der Waals surface area (Å²) in [4.78, 5) is 4.48. The molecule has 0 radical (unpaired) electrons. The maximum atomic E-state index is 4.48. The maximum Gasteiger partial charge on any atom is 0.0385 e. The smallest absolute Gasteiger partial charge is 0.0385 e. The third kappa shape index (κ3) is 5.48. The van der Waals surface area contributed by atoms with Gasteiger partial charge in [-0.15, -0.1) is 0 Å². The molecule has 0 spiro atoms. The first-order valence-corrected chi connectivity index (χ1v) is 7.22. The Bertz CT molecular complexity index is 348. The first-order chi connectivity index (χ1) is 8.63. The van der Waals surface area contributed by atoms with Crippen LogP contribution in [0.25, 0.3) is 0 Å². The summed E-state index contributed by atoms with van der Waals surface area (Å²) in [6, 6.07) is 9.01. The molecule has 0 amide bonds. The molecule has 0 fully saturated rings. The van der Waals surface area contributed by atoms with Crippen molar-refractivity contribution in [2.75, 3.05) is 6.54 Å². The van der Waals surface area contributed by atoms with E-state index >= 15 is 0 Å². The van der Waals surface area contributed by atoms with Crippen LogP contribution in [-0.2, 0) is 6.42 Å². The number of benzene rings is 1. The van der Waals surface area contributed by atoms with Crippen molar-refractivity contribution in [3.63, 3.8) is 0 Å². The van der Waals surface area contributed by atoms with Crippen LogP contribution in [0.5, 0.6) is 0 Å². The highest BCUT2D eigenvalue weighted by atomic mass is 14.7. The van der Waals surface area contributed by atoms with E-state index in [1.54, 1.807) is 0 Å². The highest BCUT2D eigenvalue weighted by molar-refractivity contribution is 5.60. The van der Waals surface area contributed by atoms with Crippen molar-refractivity contribution in [1.82, 2.24) is 0 Å². The molecule has 0 bridgehead atoms. The quantitative estimate of drug-likeness (QED) is 0.480. The molecule has 1 unspecified atom stereocenters. The maximum absolute atomic E-state index is 4.48. The molecule has 1 rings (SSSR count). The zero-order valence-corrected chi connectivity index (χ0v) is 12.3. The van der Waals surface area contributed by atoms with E-state index in [9.17, 15) is 0 Å². The Hall–Kier alpha value is -1.11. The van der Waals surface area contributed by atoms with E-state index in [2.05, 4.69) is 63.2 Å². The summed E-state index contributed by atoms with van der Waals surface area (Å²) in [5.74, 6) is 1.15. The van der Waals surface area contributed by atoms with Crippen LogP contribution in [0.3, 0.4) is 0 Å². The van der Waals surface area contributed by atoms with Crippen molar-refractivity contribution < 1.29 is 0 Å². The van der Waals surface area contributed by atoms with Gasteiger partial charge in [0.2, 0.25) is 0 Å². The van der Waals surface area contributed by atoms with Gasteiger partial charge < -0.3 is 0 Å². The second kappa shape index (κ2) is 8.07. The second-order valence-electron chi connectivity index (χ2n) is 5.49. The van der Waals surface area contributed by atoms with Gasteiger partial charge >= 0.3 is 0 Å². The average molecular weight is 245 g/mol. The summed E-state index contributed by atoms with van der Waals surface area (Å²) in [6.45, 7) is 9.89. The Morgan fingerprint density at radius 2 is 1.78 bits per heavy atom. The molecule has 1 aromatic carbocycles. The monoisotopic (exact) mass is 245 g/mol. The fraction of sp³-hybridized carbons (Fsp3) is 0.588. The summed E-state index contributed by atoms with van der Waals surface area (Å²) in [7, 11) is 0. The van der Waals surface area contributed by atoms with E-state index in [0.717, 1.165) is 13.0 Å². The van der Waals surface area contributed by atoms with Crippen molar-refractivity contribution in [2.24, 2.45) is 10.9 Å². The van der Waals surface area contributed by atoms with Gasteiger partial charge in [-0.1, -0.05) is 58.4 Å². The van der Waals surface area contributed by atoms with Gasteiger partial charge in [-0.25, -0.2) is 0 Å². The SMILES string of the molecule is CCCCN=CC(C)Cc1ccc(C(C)C)cc1. The van der Waals surface area contributed by atoms with E-state index in [1.807, 2.05) is 0 Å². The first-order valence-electron chi connectivity index (χ1n) is 7.22. The molecule has 0 heterocycles. The largest absolute Gasteiger partial charge is 0.297 e. The normalized spacial score (nSPS) is 13.4. The minimum atomic E-state index is 0.534. The lowest BCUT2D eigenvalue weighted by molar-refractivity contribution is 0.761. The van der Waals surface area contributed by atoms with Crippen molar-refractivity contribution >= 4 is 6.21 Å². The molecule has 0 aliphatic carbocycles. The number of unbranched alkanes of at least 4 members (excludes halogenated alkanes) is 1. The van der Waals surface area contributed by atoms with Crippen LogP contribution in [0.4, 0.5) is 0 Å². The lowest BCUT2D eigenvalue weighted by Crippen LogP contribution is -2.02. The standard InChI is InChI=1S/C17H27N/c1-5-6-11-18-13-15(4)12-16-7-9-17(10-8-16)14(2)3/h7-10,13-15H,5-6,11-12H2,1-4H3. The third-order valence-electron chi connectivity index (χ3n) is 3.20. The van der Waals surface area contributed by atoms with Gasteiger partial charge in [0.25, 0.3) is 0 Å². The molecule has 18 heavy (non-hydrogen) atoms. The summed E-state index contributed by atoms with van der Waals surface area (Å²) < 4.78 is 0. The predicted octanol–water partition coefficient (Wildman–Crippen LogP) is 4.86. The number of aliphatic imine (C=N–C) groups is 1. The van der Waals surface area contributed by atoms with Gasteiger partial charge in [0.1, 0.15) is 0 Å². The predicted molar refractivity (Wildman–Crippen MR) is 81.7 cm³/mol. The minimum absolute atomic E-state index is 0.534. The number of hydrogen-bond acceptors (Lipinski definition) is 1. The van der Waals surface area contributed by atoms with Gasteiger partial charge in [0.15, 0.2) is 0 Å². The van der Waals surface area contributed by atoms with Gasteiger partial charge in [0.05, 0.1) is 0 Å². The second-order valence-corrected chi connectivity index (χ2v) is 5.49. The lowest BCUT2D eigenvalue weighted by atomic mass is 9.97. The van der Waals surface area contributed by atoms with Crippen molar-refractivity contribution in [3.05, 3.63) is 35.4 Å². The highest BCUT2D eigenvalue weighted by Crippen LogP contribution is 2.16. The Kier molecular flexibility index (Phi) is 6.70.